The van der Waals surface area contributed by atoms with E-state index in [2.05, 4.69) is 5.32 Å². The molecule has 1 aliphatic rings. The highest BCUT2D eigenvalue weighted by atomic mass is 32.2. The van der Waals surface area contributed by atoms with Crippen molar-refractivity contribution in [1.29, 1.82) is 0 Å². The quantitative estimate of drug-likeness (QED) is 0.748. The second kappa shape index (κ2) is 9.12. The van der Waals surface area contributed by atoms with Gasteiger partial charge in [0.2, 0.25) is 5.91 Å². The number of primary amides is 1. The van der Waals surface area contributed by atoms with E-state index in [1.54, 1.807) is 23.1 Å². The van der Waals surface area contributed by atoms with Gasteiger partial charge in [-0.25, -0.2) is 4.79 Å². The lowest BCUT2D eigenvalue weighted by Crippen LogP contribution is -2.47. The van der Waals surface area contributed by atoms with Gasteiger partial charge in [0.25, 0.3) is 5.91 Å². The third-order valence-electron chi connectivity index (χ3n) is 3.98. The molecule has 0 radical (unpaired) electrons. The number of hydrogen-bond donors (Lipinski definition) is 2. The number of likely N-dealkylation sites (tertiary alicyclic amines) is 1. The second-order valence-corrected chi connectivity index (χ2v) is 8.48. The summed E-state index contributed by atoms with van der Waals surface area (Å²) in [7, 11) is 0. The van der Waals surface area contributed by atoms with Gasteiger partial charge < -0.3 is 20.7 Å². The van der Waals surface area contributed by atoms with Crippen LogP contribution in [0.15, 0.2) is 29.2 Å². The lowest BCUT2D eigenvalue weighted by molar-refractivity contribution is -0.115. The van der Waals surface area contributed by atoms with Gasteiger partial charge in [-0.2, -0.15) is 0 Å². The Labute approximate surface area is 164 Å². The number of benzene rings is 1. The molecule has 8 heteroatoms. The molecule has 148 valence electrons. The zero-order valence-corrected chi connectivity index (χ0v) is 16.8. The summed E-state index contributed by atoms with van der Waals surface area (Å²) in [5, 5.41) is 3.02. The minimum absolute atomic E-state index is 0.00890. The zero-order valence-electron chi connectivity index (χ0n) is 16.0. The lowest BCUT2D eigenvalue weighted by atomic mass is 10.0. The fourth-order valence-electron chi connectivity index (χ4n) is 2.72. The van der Waals surface area contributed by atoms with Crippen LogP contribution in [0.25, 0.3) is 0 Å². The predicted molar refractivity (Wildman–Crippen MR) is 105 cm³/mol. The van der Waals surface area contributed by atoms with E-state index in [0.29, 0.717) is 31.5 Å². The maximum Gasteiger partial charge on any atom is 0.410 e. The number of rotatable bonds is 5. The molecule has 0 aromatic heterocycles. The number of thioether (sulfide) groups is 1. The Morgan fingerprint density at radius 2 is 1.85 bits per heavy atom. The Bertz CT molecular complexity index is 694. The fourth-order valence-corrected chi connectivity index (χ4v) is 3.51. The van der Waals surface area contributed by atoms with Gasteiger partial charge in [-0.15, -0.1) is 11.8 Å². The average molecular weight is 394 g/mol. The van der Waals surface area contributed by atoms with Gasteiger partial charge >= 0.3 is 6.09 Å². The first kappa shape index (κ1) is 21.1. The standard InChI is InChI=1S/C19H27N3O4S/c1-19(2,3)26-18(25)22-10-8-13(9-11-22)21-17(24)14-6-4-5-7-15(14)27-12-16(20)23/h4-7,13H,8-12H2,1-3H3,(H2,20,23)(H,21,24). The first-order valence-electron chi connectivity index (χ1n) is 8.94. The number of carbonyl (C=O) groups is 3. The normalized spacial score (nSPS) is 15.3. The van der Waals surface area contributed by atoms with E-state index in [-0.39, 0.29) is 23.8 Å². The molecule has 1 fully saturated rings. The molecule has 1 aromatic rings. The van der Waals surface area contributed by atoms with Crippen LogP contribution < -0.4 is 11.1 Å². The van der Waals surface area contributed by atoms with Gasteiger partial charge in [-0.1, -0.05) is 12.1 Å². The number of amides is 3. The van der Waals surface area contributed by atoms with Crippen LogP contribution >= 0.6 is 11.8 Å². The molecule has 7 nitrogen and oxygen atoms in total. The molecule has 3 N–H and O–H groups in total. The summed E-state index contributed by atoms with van der Waals surface area (Å²) in [6.07, 6.45) is 1.02. The average Bonchev–Trinajstić information content (AvgIpc) is 2.59. The lowest BCUT2D eigenvalue weighted by Gasteiger charge is -2.33. The Kier molecular flexibility index (Phi) is 7.12. The summed E-state index contributed by atoms with van der Waals surface area (Å²) in [6.45, 7) is 6.60. The molecule has 3 amide bonds. The highest BCUT2D eigenvalue weighted by Gasteiger charge is 2.28. The molecule has 1 heterocycles. The van der Waals surface area contributed by atoms with Gasteiger partial charge in [0.1, 0.15) is 5.60 Å². The van der Waals surface area contributed by atoms with Crippen LogP contribution in [0, 0.1) is 0 Å². The molecule has 0 unspecified atom stereocenters. The first-order valence-corrected chi connectivity index (χ1v) is 9.93. The third kappa shape index (κ3) is 6.78. The van der Waals surface area contributed by atoms with E-state index >= 15 is 0 Å². The van der Waals surface area contributed by atoms with Crippen LogP contribution in [0.4, 0.5) is 4.79 Å². The maximum absolute atomic E-state index is 12.6. The second-order valence-electron chi connectivity index (χ2n) is 7.47. The minimum Gasteiger partial charge on any atom is -0.444 e. The molecule has 1 saturated heterocycles. The zero-order chi connectivity index (χ0) is 20.0. The summed E-state index contributed by atoms with van der Waals surface area (Å²) in [5.74, 6) is -0.485. The molecule has 1 aromatic carbocycles. The van der Waals surface area contributed by atoms with Crippen molar-refractivity contribution in [1.82, 2.24) is 10.2 Å². The molecule has 0 bridgehead atoms. The van der Waals surface area contributed by atoms with Gasteiger partial charge in [0, 0.05) is 24.0 Å². The third-order valence-corrected chi connectivity index (χ3v) is 5.08. The molecule has 1 aliphatic heterocycles. The van der Waals surface area contributed by atoms with Gasteiger partial charge in [0.15, 0.2) is 0 Å². The van der Waals surface area contributed by atoms with Crippen molar-refractivity contribution in [2.24, 2.45) is 5.73 Å². The number of ether oxygens (including phenoxy) is 1. The number of hydrogen-bond acceptors (Lipinski definition) is 5. The molecule has 0 spiro atoms. The topological polar surface area (TPSA) is 102 Å². The van der Waals surface area contributed by atoms with Gasteiger partial charge in [-0.05, 0) is 45.7 Å². The van der Waals surface area contributed by atoms with E-state index in [0.717, 1.165) is 4.90 Å². The molecular formula is C19H27N3O4S. The van der Waals surface area contributed by atoms with Crippen molar-refractivity contribution in [3.8, 4) is 0 Å². The largest absolute Gasteiger partial charge is 0.444 e. The molecular weight excluding hydrogens is 366 g/mol. The molecule has 0 atom stereocenters. The van der Waals surface area contributed by atoms with E-state index < -0.39 is 11.5 Å². The summed E-state index contributed by atoms with van der Waals surface area (Å²) >= 11 is 1.25. The summed E-state index contributed by atoms with van der Waals surface area (Å²) in [5.41, 5.74) is 5.20. The Hall–Kier alpha value is -2.22. The number of nitrogens with one attached hydrogen (secondary N) is 1. The Balaban J connectivity index is 1.89. The van der Waals surface area contributed by atoms with Crippen molar-refractivity contribution in [2.45, 2.75) is 50.2 Å². The van der Waals surface area contributed by atoms with Crippen molar-refractivity contribution in [2.75, 3.05) is 18.8 Å². The monoisotopic (exact) mass is 393 g/mol. The van der Waals surface area contributed by atoms with E-state index in [1.807, 2.05) is 26.8 Å². The van der Waals surface area contributed by atoms with Crippen molar-refractivity contribution >= 4 is 29.7 Å². The molecule has 0 saturated carbocycles. The predicted octanol–water partition coefficient (Wildman–Crippen LogP) is 2.39. The highest BCUT2D eigenvalue weighted by molar-refractivity contribution is 8.00. The van der Waals surface area contributed by atoms with Crippen molar-refractivity contribution in [3.05, 3.63) is 29.8 Å². The molecule has 27 heavy (non-hydrogen) atoms. The Morgan fingerprint density at radius 3 is 2.44 bits per heavy atom. The minimum atomic E-state index is -0.519. The number of nitrogens with zero attached hydrogens (tertiary/aromatic N) is 1. The maximum atomic E-state index is 12.6. The number of nitrogens with two attached hydrogens (primary N) is 1. The highest BCUT2D eigenvalue weighted by Crippen LogP contribution is 2.23. The fraction of sp³-hybridized carbons (Fsp3) is 0.526. The van der Waals surface area contributed by atoms with Crippen LogP contribution in [0.2, 0.25) is 0 Å². The first-order chi connectivity index (χ1) is 12.7. The summed E-state index contributed by atoms with van der Waals surface area (Å²) in [4.78, 5) is 38.1. The van der Waals surface area contributed by atoms with Crippen LogP contribution in [0.5, 0.6) is 0 Å². The summed E-state index contributed by atoms with van der Waals surface area (Å²) < 4.78 is 5.38. The number of piperidine rings is 1. The molecule has 2 rings (SSSR count). The number of carbonyl (C=O) groups excluding carboxylic acids is 3. The van der Waals surface area contributed by atoms with E-state index in [9.17, 15) is 14.4 Å². The SMILES string of the molecule is CC(C)(C)OC(=O)N1CCC(NC(=O)c2ccccc2SCC(N)=O)CC1. The van der Waals surface area contributed by atoms with Crippen LogP contribution in [0.3, 0.4) is 0 Å². The smallest absolute Gasteiger partial charge is 0.410 e. The van der Waals surface area contributed by atoms with Crippen LogP contribution in [-0.2, 0) is 9.53 Å². The van der Waals surface area contributed by atoms with Crippen LogP contribution in [0.1, 0.15) is 44.0 Å². The van der Waals surface area contributed by atoms with Crippen molar-refractivity contribution < 1.29 is 19.1 Å². The van der Waals surface area contributed by atoms with E-state index in [1.165, 1.54) is 11.8 Å². The Morgan fingerprint density at radius 1 is 1.22 bits per heavy atom. The van der Waals surface area contributed by atoms with Gasteiger partial charge in [0.05, 0.1) is 11.3 Å². The summed E-state index contributed by atoms with van der Waals surface area (Å²) in [6, 6.07) is 7.13. The van der Waals surface area contributed by atoms with Crippen molar-refractivity contribution in [3.63, 3.8) is 0 Å². The van der Waals surface area contributed by atoms with E-state index in [4.69, 9.17) is 10.5 Å². The molecule has 0 aliphatic carbocycles. The van der Waals surface area contributed by atoms with Crippen LogP contribution in [-0.4, -0.2) is 53.3 Å². The van der Waals surface area contributed by atoms with Gasteiger partial charge in [-0.3, -0.25) is 9.59 Å².